The number of likely N-dealkylation sites (tertiary alicyclic amines) is 1. The van der Waals surface area contributed by atoms with Crippen LogP contribution in [0.2, 0.25) is 0 Å². The zero-order valence-corrected chi connectivity index (χ0v) is 19.4. The Bertz CT molecular complexity index is 1200. The van der Waals surface area contributed by atoms with Crippen LogP contribution in [0.5, 0.6) is 5.75 Å². The second-order valence-electron chi connectivity index (χ2n) is 8.49. The van der Waals surface area contributed by atoms with E-state index in [4.69, 9.17) is 9.84 Å². The van der Waals surface area contributed by atoms with E-state index in [0.29, 0.717) is 17.1 Å². The van der Waals surface area contributed by atoms with Crippen molar-refractivity contribution in [2.45, 2.75) is 25.1 Å². The first kappa shape index (κ1) is 24.7. The van der Waals surface area contributed by atoms with Gasteiger partial charge in [0.25, 0.3) is 0 Å². The maximum absolute atomic E-state index is 14.2. The minimum absolute atomic E-state index is 0.00408. The molecule has 8 nitrogen and oxygen atoms in total. The van der Waals surface area contributed by atoms with Crippen LogP contribution in [0.3, 0.4) is 0 Å². The highest BCUT2D eigenvalue weighted by Crippen LogP contribution is 2.23. The normalized spacial score (nSPS) is 16.9. The van der Waals surface area contributed by atoms with Gasteiger partial charge in [-0.25, -0.2) is 14.0 Å². The second-order valence-corrected chi connectivity index (χ2v) is 8.49. The van der Waals surface area contributed by atoms with Crippen molar-refractivity contribution in [3.8, 4) is 5.75 Å². The molecule has 1 saturated heterocycles. The maximum Gasteiger partial charge on any atom is 0.335 e. The van der Waals surface area contributed by atoms with Crippen LogP contribution < -0.4 is 15.4 Å². The van der Waals surface area contributed by atoms with E-state index in [2.05, 4.69) is 10.6 Å². The lowest BCUT2D eigenvalue weighted by Gasteiger charge is -2.24. The molecule has 2 atom stereocenters. The Morgan fingerprint density at radius 3 is 2.19 bits per heavy atom. The van der Waals surface area contributed by atoms with E-state index < -0.39 is 18.2 Å². The predicted molar refractivity (Wildman–Crippen MR) is 133 cm³/mol. The molecule has 3 aromatic carbocycles. The van der Waals surface area contributed by atoms with Gasteiger partial charge in [0.2, 0.25) is 5.91 Å². The van der Waals surface area contributed by atoms with Crippen LogP contribution in [0.25, 0.3) is 0 Å². The van der Waals surface area contributed by atoms with Crippen LogP contribution in [-0.2, 0) is 11.2 Å². The Morgan fingerprint density at radius 1 is 0.917 bits per heavy atom. The second kappa shape index (κ2) is 11.4. The number of urea groups is 1. The van der Waals surface area contributed by atoms with Gasteiger partial charge in [-0.15, -0.1) is 0 Å². The van der Waals surface area contributed by atoms with E-state index in [-0.39, 0.29) is 43.5 Å². The number of anilines is 2. The molecular formula is C27H26FN3O5. The molecule has 3 N–H and O–H groups in total. The number of nitrogens with one attached hydrogen (secondary N) is 2. The molecule has 3 amide bonds. The SMILES string of the molecule is O=C(Nc1ccccc1)Nc1ccc(CC(=O)N2C[C@@H](F)C[C@H]2COc2ccc(C(=O)O)cc2)cc1. The highest BCUT2D eigenvalue weighted by Gasteiger charge is 2.35. The van der Waals surface area contributed by atoms with E-state index in [0.717, 1.165) is 5.56 Å². The van der Waals surface area contributed by atoms with Gasteiger partial charge in [-0.1, -0.05) is 30.3 Å². The highest BCUT2D eigenvalue weighted by atomic mass is 19.1. The minimum atomic E-state index is -1.13. The van der Waals surface area contributed by atoms with Crippen LogP contribution >= 0.6 is 0 Å². The van der Waals surface area contributed by atoms with E-state index in [1.54, 1.807) is 36.4 Å². The van der Waals surface area contributed by atoms with Gasteiger partial charge < -0.3 is 25.4 Å². The van der Waals surface area contributed by atoms with Crippen molar-refractivity contribution in [3.63, 3.8) is 0 Å². The molecule has 1 aliphatic rings. The Morgan fingerprint density at radius 2 is 1.56 bits per heavy atom. The summed E-state index contributed by atoms with van der Waals surface area (Å²) >= 11 is 0. The first-order valence-electron chi connectivity index (χ1n) is 11.5. The lowest BCUT2D eigenvalue weighted by molar-refractivity contribution is -0.132. The van der Waals surface area contributed by atoms with Crippen molar-refractivity contribution in [3.05, 3.63) is 90.0 Å². The van der Waals surface area contributed by atoms with Gasteiger partial charge in [-0.2, -0.15) is 0 Å². The summed E-state index contributed by atoms with van der Waals surface area (Å²) in [6, 6.07) is 21.1. The Labute approximate surface area is 207 Å². The Hall–Kier alpha value is -4.40. The number of carboxylic acid groups (broad SMARTS) is 1. The molecule has 1 aliphatic heterocycles. The van der Waals surface area contributed by atoms with Crippen LogP contribution in [0.1, 0.15) is 22.3 Å². The molecule has 9 heteroatoms. The molecule has 36 heavy (non-hydrogen) atoms. The van der Waals surface area contributed by atoms with E-state index >= 15 is 0 Å². The van der Waals surface area contributed by atoms with Crippen molar-refractivity contribution in [1.29, 1.82) is 0 Å². The fourth-order valence-electron chi connectivity index (χ4n) is 4.01. The van der Waals surface area contributed by atoms with Crippen molar-refractivity contribution < 1.29 is 28.6 Å². The number of hydrogen-bond acceptors (Lipinski definition) is 4. The Kier molecular flexibility index (Phi) is 7.79. The number of halogens is 1. The van der Waals surface area contributed by atoms with Crippen molar-refractivity contribution in [2.75, 3.05) is 23.8 Å². The van der Waals surface area contributed by atoms with Crippen molar-refractivity contribution in [2.24, 2.45) is 0 Å². The largest absolute Gasteiger partial charge is 0.491 e. The average Bonchev–Trinajstić information content (AvgIpc) is 3.25. The van der Waals surface area contributed by atoms with Gasteiger partial charge in [0.05, 0.1) is 24.6 Å². The third-order valence-corrected chi connectivity index (χ3v) is 5.83. The zero-order valence-electron chi connectivity index (χ0n) is 19.4. The number of carboxylic acids is 1. The van der Waals surface area contributed by atoms with Crippen LogP contribution in [0.15, 0.2) is 78.9 Å². The molecule has 0 unspecified atom stereocenters. The molecule has 0 bridgehead atoms. The number of amides is 3. The summed E-state index contributed by atoms with van der Waals surface area (Å²) in [7, 11) is 0. The summed E-state index contributed by atoms with van der Waals surface area (Å²) in [5.41, 5.74) is 2.12. The predicted octanol–water partition coefficient (Wildman–Crippen LogP) is 4.59. The van der Waals surface area contributed by atoms with Crippen LogP contribution in [-0.4, -0.2) is 53.3 Å². The van der Waals surface area contributed by atoms with E-state index in [9.17, 15) is 18.8 Å². The van der Waals surface area contributed by atoms with Gasteiger partial charge in [-0.3, -0.25) is 4.79 Å². The summed E-state index contributed by atoms with van der Waals surface area (Å²) in [6.45, 7) is 0.113. The number of nitrogens with zero attached hydrogens (tertiary/aromatic N) is 1. The lowest BCUT2D eigenvalue weighted by Crippen LogP contribution is -2.40. The fraction of sp³-hybridized carbons (Fsp3) is 0.222. The highest BCUT2D eigenvalue weighted by molar-refractivity contribution is 5.99. The number of alkyl halides is 1. The monoisotopic (exact) mass is 491 g/mol. The number of hydrogen-bond donors (Lipinski definition) is 3. The molecule has 1 heterocycles. The number of rotatable bonds is 8. The molecule has 186 valence electrons. The van der Waals surface area contributed by atoms with E-state index in [1.165, 1.54) is 29.2 Å². The lowest BCUT2D eigenvalue weighted by atomic mass is 10.1. The smallest absolute Gasteiger partial charge is 0.335 e. The van der Waals surface area contributed by atoms with Crippen LogP contribution in [0.4, 0.5) is 20.6 Å². The molecule has 0 radical (unpaired) electrons. The van der Waals surface area contributed by atoms with E-state index in [1.807, 2.05) is 18.2 Å². The number of carbonyl (C=O) groups is 3. The van der Waals surface area contributed by atoms with Gasteiger partial charge in [0, 0.05) is 17.8 Å². The number of para-hydroxylation sites is 1. The quantitative estimate of drug-likeness (QED) is 0.427. The average molecular weight is 492 g/mol. The summed E-state index contributed by atoms with van der Waals surface area (Å²) < 4.78 is 19.9. The number of ether oxygens (including phenoxy) is 1. The topological polar surface area (TPSA) is 108 Å². The molecule has 0 saturated carbocycles. The van der Waals surface area contributed by atoms with Gasteiger partial charge >= 0.3 is 12.0 Å². The Balaban J connectivity index is 1.30. The maximum atomic E-state index is 14.2. The third-order valence-electron chi connectivity index (χ3n) is 5.83. The van der Waals surface area contributed by atoms with Crippen molar-refractivity contribution >= 4 is 29.3 Å². The summed E-state index contributed by atoms with van der Waals surface area (Å²) in [6.07, 6.45) is -0.864. The molecule has 0 aliphatic carbocycles. The van der Waals surface area contributed by atoms with Crippen LogP contribution in [0, 0.1) is 0 Å². The first-order valence-corrected chi connectivity index (χ1v) is 11.5. The molecule has 4 rings (SSSR count). The fourth-order valence-corrected chi connectivity index (χ4v) is 4.01. The van der Waals surface area contributed by atoms with Gasteiger partial charge in [0.1, 0.15) is 18.5 Å². The molecule has 1 fully saturated rings. The summed E-state index contributed by atoms with van der Waals surface area (Å²) in [4.78, 5) is 37.5. The molecule has 0 aromatic heterocycles. The zero-order chi connectivity index (χ0) is 25.5. The van der Waals surface area contributed by atoms with Crippen molar-refractivity contribution in [1.82, 2.24) is 4.90 Å². The summed E-state index contributed by atoms with van der Waals surface area (Å²) in [5, 5.41) is 14.5. The third kappa shape index (κ3) is 6.59. The molecule has 0 spiro atoms. The molecular weight excluding hydrogens is 465 g/mol. The number of carbonyl (C=O) groups excluding carboxylic acids is 2. The number of aromatic carboxylic acids is 1. The minimum Gasteiger partial charge on any atom is -0.491 e. The summed E-state index contributed by atoms with van der Waals surface area (Å²) in [5.74, 6) is -0.796. The standard InChI is InChI=1S/C27H26FN3O5/c28-20-15-23(17-36-24-12-8-19(9-13-24)26(33)34)31(16-20)25(32)14-18-6-10-22(11-7-18)30-27(35)29-21-4-2-1-3-5-21/h1-13,20,23H,14-17H2,(H,33,34)(H2,29,30,35)/t20-,23-/m0/s1. The van der Waals surface area contributed by atoms with Gasteiger partial charge in [0.15, 0.2) is 0 Å². The van der Waals surface area contributed by atoms with Gasteiger partial charge in [-0.05, 0) is 54.1 Å². The molecule has 3 aromatic rings. The first-order chi connectivity index (χ1) is 17.4. The number of benzene rings is 3.